The molecule has 1 aromatic heterocycles. The van der Waals surface area contributed by atoms with E-state index < -0.39 is 0 Å². The molecule has 4 nitrogen and oxygen atoms in total. The molecular weight excluding hydrogens is 204 g/mol. The van der Waals surface area contributed by atoms with E-state index in [1.807, 2.05) is 12.1 Å². The van der Waals surface area contributed by atoms with E-state index in [0.717, 1.165) is 38.5 Å². The maximum Gasteiger partial charge on any atom is 0.122 e. The van der Waals surface area contributed by atoms with Crippen molar-refractivity contribution in [3.05, 3.63) is 24.2 Å². The number of ether oxygens (including phenoxy) is 1. The molecule has 0 aliphatic carbocycles. The van der Waals surface area contributed by atoms with E-state index in [4.69, 9.17) is 14.9 Å². The third-order valence-corrected chi connectivity index (χ3v) is 3.15. The molecule has 0 radical (unpaired) electrons. The molecule has 0 saturated carbocycles. The van der Waals surface area contributed by atoms with Crippen LogP contribution in [-0.4, -0.2) is 37.2 Å². The molecule has 1 aliphatic heterocycles. The van der Waals surface area contributed by atoms with Crippen LogP contribution in [0.4, 0.5) is 0 Å². The summed E-state index contributed by atoms with van der Waals surface area (Å²) in [5.74, 6) is 0.969. The average molecular weight is 224 g/mol. The van der Waals surface area contributed by atoms with Gasteiger partial charge in [0, 0.05) is 19.1 Å². The lowest BCUT2D eigenvalue weighted by atomic mass is 10.0. The second kappa shape index (κ2) is 5.48. The van der Waals surface area contributed by atoms with Crippen molar-refractivity contribution in [3.63, 3.8) is 0 Å². The van der Waals surface area contributed by atoms with Gasteiger partial charge < -0.3 is 14.9 Å². The molecule has 2 N–H and O–H groups in total. The lowest BCUT2D eigenvalue weighted by Gasteiger charge is -2.36. The highest BCUT2D eigenvalue weighted by Gasteiger charge is 2.28. The maximum atomic E-state index is 6.20. The quantitative estimate of drug-likeness (QED) is 0.839. The Bertz CT molecular complexity index is 294. The molecule has 1 aromatic rings. The second-order valence-corrected chi connectivity index (χ2v) is 4.18. The van der Waals surface area contributed by atoms with Crippen LogP contribution in [-0.2, 0) is 4.74 Å². The van der Waals surface area contributed by atoms with Crippen LogP contribution in [0.2, 0.25) is 0 Å². The second-order valence-electron chi connectivity index (χ2n) is 4.18. The van der Waals surface area contributed by atoms with Crippen molar-refractivity contribution < 1.29 is 9.15 Å². The predicted octanol–water partition coefficient (Wildman–Crippen LogP) is 1.39. The van der Waals surface area contributed by atoms with Crippen LogP contribution < -0.4 is 5.73 Å². The van der Waals surface area contributed by atoms with Gasteiger partial charge in [0.25, 0.3) is 0 Å². The first-order chi connectivity index (χ1) is 7.83. The van der Waals surface area contributed by atoms with E-state index in [-0.39, 0.29) is 12.1 Å². The van der Waals surface area contributed by atoms with Crippen LogP contribution in [0.15, 0.2) is 22.8 Å². The van der Waals surface area contributed by atoms with Gasteiger partial charge in [-0.15, -0.1) is 0 Å². The number of nitrogens with zero attached hydrogens (tertiary/aromatic N) is 1. The summed E-state index contributed by atoms with van der Waals surface area (Å²) in [4.78, 5) is 2.36. The molecule has 0 bridgehead atoms. The molecule has 2 atom stereocenters. The summed E-state index contributed by atoms with van der Waals surface area (Å²) in [5.41, 5.74) is 6.20. The number of hydrogen-bond acceptors (Lipinski definition) is 4. The Balaban J connectivity index is 2.13. The fourth-order valence-electron chi connectivity index (χ4n) is 2.20. The number of hydrogen-bond donors (Lipinski definition) is 1. The highest BCUT2D eigenvalue weighted by Crippen LogP contribution is 2.26. The van der Waals surface area contributed by atoms with Gasteiger partial charge in [-0.05, 0) is 18.6 Å². The molecule has 0 spiro atoms. The van der Waals surface area contributed by atoms with Gasteiger partial charge in [-0.1, -0.05) is 6.92 Å². The smallest absolute Gasteiger partial charge is 0.122 e. The van der Waals surface area contributed by atoms with E-state index in [2.05, 4.69) is 11.8 Å². The summed E-state index contributed by atoms with van der Waals surface area (Å²) in [5, 5.41) is 0. The van der Waals surface area contributed by atoms with Crippen molar-refractivity contribution >= 4 is 0 Å². The fourth-order valence-corrected chi connectivity index (χ4v) is 2.20. The molecule has 4 heteroatoms. The molecule has 2 heterocycles. The Morgan fingerprint density at radius 2 is 2.19 bits per heavy atom. The third kappa shape index (κ3) is 2.45. The Kier molecular flexibility index (Phi) is 3.98. The van der Waals surface area contributed by atoms with Crippen LogP contribution in [0.3, 0.4) is 0 Å². The summed E-state index contributed by atoms with van der Waals surface area (Å²) in [6.45, 7) is 5.54. The molecule has 0 aromatic carbocycles. The van der Waals surface area contributed by atoms with Gasteiger partial charge in [-0.2, -0.15) is 0 Å². The van der Waals surface area contributed by atoms with Crippen molar-refractivity contribution in [2.75, 3.05) is 26.3 Å². The highest BCUT2D eigenvalue weighted by atomic mass is 16.5. The van der Waals surface area contributed by atoms with Gasteiger partial charge in [0.15, 0.2) is 0 Å². The molecule has 1 aliphatic rings. The maximum absolute atomic E-state index is 6.20. The molecule has 1 fully saturated rings. The van der Waals surface area contributed by atoms with Crippen LogP contribution in [0.25, 0.3) is 0 Å². The zero-order valence-electron chi connectivity index (χ0n) is 9.76. The molecule has 2 rings (SSSR count). The average Bonchev–Trinajstić information content (AvgIpc) is 2.84. The first kappa shape index (κ1) is 11.6. The van der Waals surface area contributed by atoms with E-state index in [1.165, 1.54) is 0 Å². The third-order valence-electron chi connectivity index (χ3n) is 3.15. The molecule has 90 valence electrons. The largest absolute Gasteiger partial charge is 0.468 e. The Morgan fingerprint density at radius 1 is 1.44 bits per heavy atom. The minimum atomic E-state index is 0.115. The molecule has 16 heavy (non-hydrogen) atoms. The Hall–Kier alpha value is -0.840. The molecular formula is C12H20N2O2. The topological polar surface area (TPSA) is 51.6 Å². The van der Waals surface area contributed by atoms with Crippen LogP contribution in [0.5, 0.6) is 0 Å². The van der Waals surface area contributed by atoms with E-state index in [1.54, 1.807) is 6.26 Å². The monoisotopic (exact) mass is 224 g/mol. The van der Waals surface area contributed by atoms with Gasteiger partial charge >= 0.3 is 0 Å². The minimum absolute atomic E-state index is 0.115. The number of morpholine rings is 1. The summed E-state index contributed by atoms with van der Waals surface area (Å²) in [6, 6.07) is 4.23. The van der Waals surface area contributed by atoms with Crippen LogP contribution in [0.1, 0.15) is 25.1 Å². The number of furan rings is 1. The van der Waals surface area contributed by atoms with Crippen molar-refractivity contribution in [3.8, 4) is 0 Å². The van der Waals surface area contributed by atoms with Gasteiger partial charge in [0.2, 0.25) is 0 Å². The lowest BCUT2D eigenvalue weighted by Crippen LogP contribution is -2.46. The van der Waals surface area contributed by atoms with E-state index >= 15 is 0 Å². The fraction of sp³-hybridized carbons (Fsp3) is 0.667. The zero-order chi connectivity index (χ0) is 11.4. The zero-order valence-corrected chi connectivity index (χ0v) is 9.76. The van der Waals surface area contributed by atoms with Crippen molar-refractivity contribution in [2.24, 2.45) is 5.73 Å². The van der Waals surface area contributed by atoms with E-state index in [0.29, 0.717) is 0 Å². The predicted molar refractivity (Wildman–Crippen MR) is 62.1 cm³/mol. The SMILES string of the molecule is CCC(N)C(c1ccco1)N1CCOCC1. The molecule has 2 unspecified atom stereocenters. The van der Waals surface area contributed by atoms with Crippen LogP contribution >= 0.6 is 0 Å². The lowest BCUT2D eigenvalue weighted by molar-refractivity contribution is 0.00511. The Labute approximate surface area is 96.4 Å². The summed E-state index contributed by atoms with van der Waals surface area (Å²) >= 11 is 0. The first-order valence-electron chi connectivity index (χ1n) is 5.93. The molecule has 1 saturated heterocycles. The van der Waals surface area contributed by atoms with Gasteiger partial charge in [0.05, 0.1) is 25.5 Å². The first-order valence-corrected chi connectivity index (χ1v) is 5.93. The van der Waals surface area contributed by atoms with E-state index in [9.17, 15) is 0 Å². The van der Waals surface area contributed by atoms with Crippen molar-refractivity contribution in [1.29, 1.82) is 0 Å². The molecule has 0 amide bonds. The van der Waals surface area contributed by atoms with Gasteiger partial charge in [0.1, 0.15) is 5.76 Å². The summed E-state index contributed by atoms with van der Waals surface area (Å²) < 4.78 is 10.9. The minimum Gasteiger partial charge on any atom is -0.468 e. The Morgan fingerprint density at radius 3 is 2.75 bits per heavy atom. The van der Waals surface area contributed by atoms with Crippen molar-refractivity contribution in [2.45, 2.75) is 25.4 Å². The summed E-state index contributed by atoms with van der Waals surface area (Å²) in [7, 11) is 0. The normalized spacial score (nSPS) is 21.9. The standard InChI is InChI=1S/C12H20N2O2/c1-2-10(13)12(11-4-3-7-16-11)14-5-8-15-9-6-14/h3-4,7,10,12H,2,5-6,8-9,13H2,1H3. The number of nitrogens with two attached hydrogens (primary N) is 1. The van der Waals surface area contributed by atoms with Crippen molar-refractivity contribution in [1.82, 2.24) is 4.90 Å². The van der Waals surface area contributed by atoms with Gasteiger partial charge in [-0.3, -0.25) is 4.90 Å². The van der Waals surface area contributed by atoms with Gasteiger partial charge in [-0.25, -0.2) is 0 Å². The number of rotatable bonds is 4. The summed E-state index contributed by atoms with van der Waals surface area (Å²) in [6.07, 6.45) is 2.66. The highest BCUT2D eigenvalue weighted by molar-refractivity contribution is 5.08. The van der Waals surface area contributed by atoms with Crippen LogP contribution in [0, 0.1) is 0 Å².